The van der Waals surface area contributed by atoms with Crippen molar-refractivity contribution in [2.24, 2.45) is 0 Å². The summed E-state index contributed by atoms with van der Waals surface area (Å²) >= 11 is 0. The lowest BCUT2D eigenvalue weighted by molar-refractivity contribution is 0.277. The number of nitrogens with one attached hydrogen (secondary N) is 1. The Bertz CT molecular complexity index is 500. The van der Waals surface area contributed by atoms with E-state index in [0.717, 1.165) is 33.5 Å². The number of ether oxygens (including phenoxy) is 1. The van der Waals surface area contributed by atoms with E-state index in [1.807, 2.05) is 26.0 Å². The van der Waals surface area contributed by atoms with Gasteiger partial charge in [0.1, 0.15) is 5.75 Å². The summed E-state index contributed by atoms with van der Waals surface area (Å²) in [6, 6.07) is 3.98. The van der Waals surface area contributed by atoms with Crippen molar-refractivity contribution < 1.29 is 9.84 Å². The van der Waals surface area contributed by atoms with Crippen LogP contribution in [0.3, 0.4) is 0 Å². The first-order valence-corrected chi connectivity index (χ1v) is 4.94. The average molecular weight is 205 g/mol. The SMILES string of the molecule is COc1cc(C)c2[nH]c(CO)c(C)c2c1. The zero-order valence-corrected chi connectivity index (χ0v) is 9.22. The zero-order valence-electron chi connectivity index (χ0n) is 9.22. The molecule has 3 nitrogen and oxygen atoms in total. The second-order valence-electron chi connectivity index (χ2n) is 3.75. The Morgan fingerprint density at radius 3 is 2.67 bits per heavy atom. The maximum Gasteiger partial charge on any atom is 0.119 e. The normalized spacial score (nSPS) is 10.9. The molecule has 80 valence electrons. The second kappa shape index (κ2) is 3.59. The van der Waals surface area contributed by atoms with Crippen molar-refractivity contribution in [3.8, 4) is 5.75 Å². The van der Waals surface area contributed by atoms with Crippen LogP contribution in [-0.2, 0) is 6.61 Å². The summed E-state index contributed by atoms with van der Waals surface area (Å²) in [4.78, 5) is 3.23. The number of aromatic nitrogens is 1. The van der Waals surface area contributed by atoms with Crippen LogP contribution in [0.5, 0.6) is 5.75 Å². The molecule has 2 rings (SSSR count). The highest BCUT2D eigenvalue weighted by Gasteiger charge is 2.09. The smallest absolute Gasteiger partial charge is 0.119 e. The number of aryl methyl sites for hydroxylation is 2. The quantitative estimate of drug-likeness (QED) is 0.790. The Morgan fingerprint density at radius 2 is 2.07 bits per heavy atom. The van der Waals surface area contributed by atoms with Crippen LogP contribution in [0.15, 0.2) is 12.1 Å². The molecule has 0 saturated heterocycles. The number of hydrogen-bond acceptors (Lipinski definition) is 2. The predicted octanol–water partition coefficient (Wildman–Crippen LogP) is 2.29. The Balaban J connectivity index is 2.77. The molecule has 1 heterocycles. The Morgan fingerprint density at radius 1 is 1.33 bits per heavy atom. The summed E-state index contributed by atoms with van der Waals surface area (Å²) < 4.78 is 5.22. The largest absolute Gasteiger partial charge is 0.497 e. The summed E-state index contributed by atoms with van der Waals surface area (Å²) in [6.45, 7) is 4.08. The monoisotopic (exact) mass is 205 g/mol. The highest BCUT2D eigenvalue weighted by atomic mass is 16.5. The molecule has 1 aromatic carbocycles. The minimum atomic E-state index is 0.0439. The van der Waals surface area contributed by atoms with Crippen LogP contribution in [0.4, 0.5) is 0 Å². The van der Waals surface area contributed by atoms with Crippen molar-refractivity contribution in [2.45, 2.75) is 20.5 Å². The number of hydrogen-bond donors (Lipinski definition) is 2. The van der Waals surface area contributed by atoms with Gasteiger partial charge < -0.3 is 14.8 Å². The summed E-state index contributed by atoms with van der Waals surface area (Å²) in [6.07, 6.45) is 0. The highest BCUT2D eigenvalue weighted by molar-refractivity contribution is 5.88. The number of H-pyrrole nitrogens is 1. The molecule has 0 unspecified atom stereocenters. The Labute approximate surface area is 88.7 Å². The highest BCUT2D eigenvalue weighted by Crippen LogP contribution is 2.28. The molecule has 0 aliphatic rings. The van der Waals surface area contributed by atoms with E-state index in [0.29, 0.717) is 0 Å². The molecule has 3 heteroatoms. The van der Waals surface area contributed by atoms with E-state index in [2.05, 4.69) is 4.98 Å². The van der Waals surface area contributed by atoms with Gasteiger partial charge in [-0.25, -0.2) is 0 Å². The number of benzene rings is 1. The molecule has 0 amide bonds. The standard InChI is InChI=1S/C12H15NO2/c1-7-4-9(15-3)5-10-8(2)11(6-14)13-12(7)10/h4-5,13-14H,6H2,1-3H3. The molecular formula is C12H15NO2. The molecule has 0 saturated carbocycles. The third-order valence-electron chi connectivity index (χ3n) is 2.84. The molecule has 1 aromatic heterocycles. The van der Waals surface area contributed by atoms with Crippen LogP contribution in [0.1, 0.15) is 16.8 Å². The fraction of sp³-hybridized carbons (Fsp3) is 0.333. The molecule has 0 aliphatic heterocycles. The number of aliphatic hydroxyl groups excluding tert-OH is 1. The fourth-order valence-electron chi connectivity index (χ4n) is 1.90. The van der Waals surface area contributed by atoms with Gasteiger partial charge in [-0.05, 0) is 37.1 Å². The van der Waals surface area contributed by atoms with E-state index in [9.17, 15) is 5.11 Å². The van der Waals surface area contributed by atoms with E-state index >= 15 is 0 Å². The van der Waals surface area contributed by atoms with Gasteiger partial charge in [0.2, 0.25) is 0 Å². The van der Waals surface area contributed by atoms with E-state index in [1.165, 1.54) is 0 Å². The lowest BCUT2D eigenvalue weighted by atomic mass is 10.1. The van der Waals surface area contributed by atoms with Crippen LogP contribution >= 0.6 is 0 Å². The summed E-state index contributed by atoms with van der Waals surface area (Å²) in [5.41, 5.74) is 4.18. The van der Waals surface area contributed by atoms with Gasteiger partial charge in [0, 0.05) is 16.6 Å². The number of fused-ring (bicyclic) bond motifs is 1. The van der Waals surface area contributed by atoms with Crippen LogP contribution in [-0.4, -0.2) is 17.2 Å². The molecule has 0 aliphatic carbocycles. The van der Waals surface area contributed by atoms with E-state index < -0.39 is 0 Å². The lowest BCUT2D eigenvalue weighted by Crippen LogP contribution is -1.84. The van der Waals surface area contributed by atoms with Crippen molar-refractivity contribution in [2.75, 3.05) is 7.11 Å². The van der Waals surface area contributed by atoms with Crippen LogP contribution in [0.25, 0.3) is 10.9 Å². The molecule has 15 heavy (non-hydrogen) atoms. The number of aromatic amines is 1. The first-order chi connectivity index (χ1) is 7.17. The van der Waals surface area contributed by atoms with Gasteiger partial charge in [-0.15, -0.1) is 0 Å². The number of methoxy groups -OCH3 is 1. The average Bonchev–Trinajstić information content (AvgIpc) is 2.56. The van der Waals surface area contributed by atoms with Gasteiger partial charge in [-0.2, -0.15) is 0 Å². The molecule has 0 fully saturated rings. The van der Waals surface area contributed by atoms with Gasteiger partial charge in [0.25, 0.3) is 0 Å². The Kier molecular flexibility index (Phi) is 2.40. The maximum atomic E-state index is 9.17. The van der Waals surface area contributed by atoms with Crippen LogP contribution < -0.4 is 4.74 Å². The zero-order chi connectivity index (χ0) is 11.0. The van der Waals surface area contributed by atoms with Crippen molar-refractivity contribution >= 4 is 10.9 Å². The maximum absolute atomic E-state index is 9.17. The fourth-order valence-corrected chi connectivity index (χ4v) is 1.90. The van der Waals surface area contributed by atoms with Gasteiger partial charge >= 0.3 is 0 Å². The van der Waals surface area contributed by atoms with Gasteiger partial charge in [-0.1, -0.05) is 0 Å². The topological polar surface area (TPSA) is 45.2 Å². The van der Waals surface area contributed by atoms with Crippen molar-refractivity contribution in [1.82, 2.24) is 4.98 Å². The lowest BCUT2D eigenvalue weighted by Gasteiger charge is -2.02. The van der Waals surface area contributed by atoms with Crippen LogP contribution in [0, 0.1) is 13.8 Å². The van der Waals surface area contributed by atoms with E-state index in [4.69, 9.17) is 4.74 Å². The minimum absolute atomic E-state index is 0.0439. The van der Waals surface area contributed by atoms with Crippen molar-refractivity contribution in [1.29, 1.82) is 0 Å². The molecule has 0 spiro atoms. The summed E-state index contributed by atoms with van der Waals surface area (Å²) in [7, 11) is 1.66. The van der Waals surface area contributed by atoms with Gasteiger partial charge in [0.15, 0.2) is 0 Å². The Hall–Kier alpha value is -1.48. The number of rotatable bonds is 2. The number of aliphatic hydroxyl groups is 1. The third-order valence-corrected chi connectivity index (χ3v) is 2.84. The van der Waals surface area contributed by atoms with Gasteiger partial charge in [-0.3, -0.25) is 0 Å². The molecule has 2 N–H and O–H groups in total. The molecule has 2 aromatic rings. The van der Waals surface area contributed by atoms with Crippen molar-refractivity contribution in [3.05, 3.63) is 29.0 Å². The predicted molar refractivity (Wildman–Crippen MR) is 60.2 cm³/mol. The molecule has 0 atom stereocenters. The molecule has 0 radical (unpaired) electrons. The van der Waals surface area contributed by atoms with Crippen LogP contribution in [0.2, 0.25) is 0 Å². The minimum Gasteiger partial charge on any atom is -0.497 e. The second-order valence-corrected chi connectivity index (χ2v) is 3.75. The van der Waals surface area contributed by atoms with Gasteiger partial charge in [0.05, 0.1) is 13.7 Å². The van der Waals surface area contributed by atoms with Crippen molar-refractivity contribution in [3.63, 3.8) is 0 Å². The third kappa shape index (κ3) is 1.49. The summed E-state index contributed by atoms with van der Waals surface area (Å²) in [5.74, 6) is 0.853. The first kappa shape index (κ1) is 10.1. The summed E-state index contributed by atoms with van der Waals surface area (Å²) in [5, 5.41) is 10.3. The van der Waals surface area contributed by atoms with E-state index in [1.54, 1.807) is 7.11 Å². The first-order valence-electron chi connectivity index (χ1n) is 4.94. The van der Waals surface area contributed by atoms with E-state index in [-0.39, 0.29) is 6.61 Å². The molecular weight excluding hydrogens is 190 g/mol. The molecule has 0 bridgehead atoms.